The van der Waals surface area contributed by atoms with Crippen LogP contribution in [0.3, 0.4) is 0 Å². The quantitative estimate of drug-likeness (QED) is 0.226. The van der Waals surface area contributed by atoms with Gasteiger partial charge in [-0.3, -0.25) is 4.98 Å². The van der Waals surface area contributed by atoms with Crippen molar-refractivity contribution in [3.63, 3.8) is 0 Å². The third kappa shape index (κ3) is 9.20. The van der Waals surface area contributed by atoms with E-state index in [-0.39, 0.29) is 0 Å². The van der Waals surface area contributed by atoms with Crippen LogP contribution in [0, 0.1) is 5.92 Å². The van der Waals surface area contributed by atoms with Crippen molar-refractivity contribution >= 4 is 0 Å². The van der Waals surface area contributed by atoms with Crippen molar-refractivity contribution in [2.24, 2.45) is 5.92 Å². The number of rotatable bonds is 16. The van der Waals surface area contributed by atoms with Crippen LogP contribution in [0.5, 0.6) is 0 Å². The predicted molar refractivity (Wildman–Crippen MR) is 149 cm³/mol. The molecule has 1 saturated carbocycles. The molecule has 0 radical (unpaired) electrons. The molecule has 0 aliphatic heterocycles. The highest BCUT2D eigenvalue weighted by molar-refractivity contribution is 5.64. The highest BCUT2D eigenvalue weighted by atomic mass is 14.7. The molecule has 1 aromatic carbocycles. The second-order valence-electron chi connectivity index (χ2n) is 10.9. The van der Waals surface area contributed by atoms with Gasteiger partial charge in [-0.05, 0) is 67.6 Å². The van der Waals surface area contributed by atoms with Crippen molar-refractivity contribution in [3.05, 3.63) is 53.7 Å². The maximum atomic E-state index is 4.92. The van der Waals surface area contributed by atoms with Crippen LogP contribution in [0.15, 0.2) is 42.6 Å². The van der Waals surface area contributed by atoms with Gasteiger partial charge in [0.2, 0.25) is 0 Å². The molecular formula is C33H51N. The Balaban J connectivity index is 1.46. The molecule has 1 aliphatic rings. The first-order valence-corrected chi connectivity index (χ1v) is 14.9. The molecule has 0 bridgehead atoms. The summed E-state index contributed by atoms with van der Waals surface area (Å²) in [4.78, 5) is 4.92. The van der Waals surface area contributed by atoms with Gasteiger partial charge in [-0.25, -0.2) is 0 Å². The average molecular weight is 462 g/mol. The zero-order valence-corrected chi connectivity index (χ0v) is 22.4. The number of unbranched alkanes of at least 4 members (excludes halogenated alkanes) is 10. The molecule has 1 fully saturated rings. The van der Waals surface area contributed by atoms with E-state index in [0.29, 0.717) is 5.92 Å². The van der Waals surface area contributed by atoms with Crippen LogP contribution in [-0.4, -0.2) is 4.98 Å². The largest absolute Gasteiger partial charge is 0.256 e. The number of hydrogen-bond donors (Lipinski definition) is 0. The molecule has 0 N–H and O–H groups in total. The summed E-state index contributed by atoms with van der Waals surface area (Å²) in [6, 6.07) is 13.7. The number of nitrogens with zero attached hydrogens (tertiary/aromatic N) is 1. The summed E-state index contributed by atoms with van der Waals surface area (Å²) in [6.07, 6.45) is 27.0. The van der Waals surface area contributed by atoms with E-state index in [1.54, 1.807) is 0 Å². The van der Waals surface area contributed by atoms with Crippen molar-refractivity contribution in [3.8, 4) is 11.3 Å². The third-order valence-corrected chi connectivity index (χ3v) is 8.13. The summed E-state index contributed by atoms with van der Waals surface area (Å²) in [7, 11) is 0. The molecule has 1 nitrogen and oxygen atoms in total. The van der Waals surface area contributed by atoms with Gasteiger partial charge in [0, 0.05) is 11.8 Å². The number of benzene rings is 1. The van der Waals surface area contributed by atoms with Crippen LogP contribution in [0.25, 0.3) is 11.3 Å². The highest BCUT2D eigenvalue weighted by Gasteiger charge is 2.24. The molecule has 1 heteroatoms. The second-order valence-corrected chi connectivity index (χ2v) is 10.9. The molecular weight excluding hydrogens is 410 g/mol. The lowest BCUT2D eigenvalue weighted by atomic mass is 9.75. The minimum atomic E-state index is 0.710. The van der Waals surface area contributed by atoms with Gasteiger partial charge in [-0.15, -0.1) is 0 Å². The topological polar surface area (TPSA) is 12.9 Å². The van der Waals surface area contributed by atoms with E-state index >= 15 is 0 Å². The third-order valence-electron chi connectivity index (χ3n) is 8.13. The Kier molecular flexibility index (Phi) is 12.8. The smallest absolute Gasteiger partial charge is 0.0705 e. The van der Waals surface area contributed by atoms with E-state index in [0.717, 1.165) is 11.6 Å². The summed E-state index contributed by atoms with van der Waals surface area (Å²) >= 11 is 0. The number of pyridine rings is 1. The fraction of sp³-hybridized carbons (Fsp3) is 0.667. The van der Waals surface area contributed by atoms with Crippen LogP contribution >= 0.6 is 0 Å². The lowest BCUT2D eigenvalue weighted by Gasteiger charge is -2.30. The summed E-state index contributed by atoms with van der Waals surface area (Å²) in [6.45, 7) is 4.59. The number of aromatic nitrogens is 1. The fourth-order valence-electron chi connectivity index (χ4n) is 5.90. The second kappa shape index (κ2) is 16.1. The van der Waals surface area contributed by atoms with Crippen molar-refractivity contribution in [2.45, 2.75) is 135 Å². The van der Waals surface area contributed by atoms with Crippen LogP contribution in [0.4, 0.5) is 0 Å². The van der Waals surface area contributed by atoms with Crippen LogP contribution in [-0.2, 0) is 6.42 Å². The Hall–Kier alpha value is -1.63. The van der Waals surface area contributed by atoms with Gasteiger partial charge < -0.3 is 0 Å². The first-order chi connectivity index (χ1) is 16.8. The molecule has 1 heterocycles. The molecule has 3 rings (SSSR count). The van der Waals surface area contributed by atoms with Gasteiger partial charge in [0.05, 0.1) is 5.69 Å². The summed E-state index contributed by atoms with van der Waals surface area (Å²) in [5.74, 6) is 1.68. The molecule has 1 aliphatic carbocycles. The van der Waals surface area contributed by atoms with Gasteiger partial charge in [0.25, 0.3) is 0 Å². The average Bonchev–Trinajstić information content (AvgIpc) is 2.89. The monoisotopic (exact) mass is 461 g/mol. The van der Waals surface area contributed by atoms with E-state index in [4.69, 9.17) is 4.98 Å². The van der Waals surface area contributed by atoms with E-state index in [2.05, 4.69) is 56.4 Å². The zero-order chi connectivity index (χ0) is 23.8. The van der Waals surface area contributed by atoms with Crippen LogP contribution in [0.2, 0.25) is 0 Å². The lowest BCUT2D eigenvalue weighted by Crippen LogP contribution is -2.14. The standard InChI is InChI=1S/C33H51N/c1-3-5-7-9-10-12-14-18-29-23-26-33(34-27-29)32-20-16-15-19-31(32)30-24-21-28(22-25-30)17-13-11-8-6-4-2/h15-16,19-20,23,26-28,30H,3-14,17-18,21-22,24-25H2,1-2H3. The Morgan fingerprint density at radius 2 is 1.32 bits per heavy atom. The minimum Gasteiger partial charge on any atom is -0.256 e. The summed E-state index contributed by atoms with van der Waals surface area (Å²) in [5.41, 5.74) is 5.47. The Labute approximate surface area is 211 Å². The first kappa shape index (κ1) is 27.0. The van der Waals surface area contributed by atoms with E-state index in [1.807, 2.05) is 0 Å². The highest BCUT2D eigenvalue weighted by Crippen LogP contribution is 2.41. The van der Waals surface area contributed by atoms with Crippen molar-refractivity contribution in [1.29, 1.82) is 0 Å². The molecule has 0 atom stereocenters. The normalized spacial score (nSPS) is 18.3. The van der Waals surface area contributed by atoms with Gasteiger partial charge in [0.15, 0.2) is 0 Å². The van der Waals surface area contributed by atoms with Crippen molar-refractivity contribution in [1.82, 2.24) is 4.98 Å². The van der Waals surface area contributed by atoms with Crippen molar-refractivity contribution in [2.75, 3.05) is 0 Å². The Morgan fingerprint density at radius 1 is 0.676 bits per heavy atom. The van der Waals surface area contributed by atoms with Gasteiger partial charge in [-0.2, -0.15) is 0 Å². The predicted octanol–water partition coefficient (Wildman–Crippen LogP) is 10.7. The minimum absolute atomic E-state index is 0.710. The Morgan fingerprint density at radius 3 is 2.00 bits per heavy atom. The number of hydrogen-bond acceptors (Lipinski definition) is 1. The SMILES string of the molecule is CCCCCCCCCc1ccc(-c2ccccc2C2CCC(CCCCCCC)CC2)nc1. The molecule has 188 valence electrons. The van der Waals surface area contributed by atoms with Gasteiger partial charge >= 0.3 is 0 Å². The molecule has 1 aromatic heterocycles. The fourth-order valence-corrected chi connectivity index (χ4v) is 5.90. The van der Waals surface area contributed by atoms with E-state index < -0.39 is 0 Å². The maximum Gasteiger partial charge on any atom is 0.0705 e. The van der Waals surface area contributed by atoms with Crippen LogP contribution in [0.1, 0.15) is 140 Å². The van der Waals surface area contributed by atoms with Crippen molar-refractivity contribution < 1.29 is 0 Å². The maximum absolute atomic E-state index is 4.92. The zero-order valence-electron chi connectivity index (χ0n) is 22.4. The molecule has 2 aromatic rings. The number of aryl methyl sites for hydroxylation is 1. The molecule has 0 spiro atoms. The van der Waals surface area contributed by atoms with E-state index in [9.17, 15) is 0 Å². The molecule has 0 unspecified atom stereocenters. The summed E-state index contributed by atoms with van der Waals surface area (Å²) < 4.78 is 0. The lowest BCUT2D eigenvalue weighted by molar-refractivity contribution is 0.302. The van der Waals surface area contributed by atoms with Gasteiger partial charge in [-0.1, -0.05) is 121 Å². The Bertz CT molecular complexity index is 769. The van der Waals surface area contributed by atoms with Crippen LogP contribution < -0.4 is 0 Å². The molecule has 0 saturated heterocycles. The first-order valence-electron chi connectivity index (χ1n) is 14.9. The van der Waals surface area contributed by atoms with E-state index in [1.165, 1.54) is 132 Å². The summed E-state index contributed by atoms with van der Waals surface area (Å²) in [5, 5.41) is 0. The molecule has 34 heavy (non-hydrogen) atoms. The van der Waals surface area contributed by atoms with Gasteiger partial charge in [0.1, 0.15) is 0 Å². The molecule has 0 amide bonds.